The van der Waals surface area contributed by atoms with Gasteiger partial charge in [-0.3, -0.25) is 4.79 Å². The van der Waals surface area contributed by atoms with Crippen LogP contribution in [0.3, 0.4) is 0 Å². The summed E-state index contributed by atoms with van der Waals surface area (Å²) in [5.41, 5.74) is 2.20. The fourth-order valence-electron chi connectivity index (χ4n) is 1.53. The van der Waals surface area contributed by atoms with Gasteiger partial charge in [0, 0.05) is 22.6 Å². The third-order valence-electron chi connectivity index (χ3n) is 2.34. The zero-order valence-corrected chi connectivity index (χ0v) is 8.49. The highest BCUT2D eigenvalue weighted by Gasteiger charge is 2.17. The van der Waals surface area contributed by atoms with Crippen LogP contribution < -0.4 is 0 Å². The van der Waals surface area contributed by atoms with E-state index in [1.807, 2.05) is 6.07 Å². The normalized spacial score (nSPS) is 15.6. The third kappa shape index (κ3) is 1.63. The second-order valence-corrected chi connectivity index (χ2v) is 4.34. The molecule has 1 nitrogen and oxygen atoms in total. The van der Waals surface area contributed by atoms with Gasteiger partial charge in [-0.15, -0.1) is 11.8 Å². The first-order valence-corrected chi connectivity index (χ1v) is 5.58. The van der Waals surface area contributed by atoms with E-state index in [0.29, 0.717) is 12.2 Å². The molecule has 0 saturated carbocycles. The van der Waals surface area contributed by atoms with Crippen LogP contribution in [0.5, 0.6) is 0 Å². The lowest BCUT2D eigenvalue weighted by atomic mass is 10.0. The molecule has 0 bridgehead atoms. The van der Waals surface area contributed by atoms with Gasteiger partial charge in [0.2, 0.25) is 0 Å². The number of carbonyl (C=O) groups is 1. The predicted octanol–water partition coefficient (Wildman–Crippen LogP) is 2.93. The predicted molar refractivity (Wildman–Crippen MR) is 55.5 cm³/mol. The van der Waals surface area contributed by atoms with E-state index in [4.69, 9.17) is 0 Å². The average Bonchev–Trinajstić information content (AvgIpc) is 2.18. The van der Waals surface area contributed by atoms with E-state index in [-0.39, 0.29) is 0 Å². The van der Waals surface area contributed by atoms with Crippen molar-refractivity contribution in [2.75, 3.05) is 5.75 Å². The lowest BCUT2D eigenvalue weighted by Crippen LogP contribution is -2.08. The highest BCUT2D eigenvalue weighted by molar-refractivity contribution is 7.99. The van der Waals surface area contributed by atoms with Crippen molar-refractivity contribution in [1.29, 1.82) is 0 Å². The molecular weight excluding hydrogens is 180 g/mol. The van der Waals surface area contributed by atoms with Crippen LogP contribution in [-0.2, 0) is 6.42 Å². The molecule has 1 aromatic carbocycles. The lowest BCUT2D eigenvalue weighted by molar-refractivity contribution is 0.0984. The van der Waals surface area contributed by atoms with Crippen molar-refractivity contribution in [3.05, 3.63) is 29.3 Å². The topological polar surface area (TPSA) is 17.1 Å². The van der Waals surface area contributed by atoms with E-state index in [1.165, 1.54) is 5.56 Å². The Kier molecular flexibility index (Phi) is 2.40. The largest absolute Gasteiger partial charge is 0.294 e. The molecule has 0 atom stereocenters. The zero-order chi connectivity index (χ0) is 9.26. The van der Waals surface area contributed by atoms with Crippen molar-refractivity contribution in [2.24, 2.45) is 0 Å². The summed E-state index contributed by atoms with van der Waals surface area (Å²) in [6.07, 6.45) is 1.70. The number of ketones is 1. The van der Waals surface area contributed by atoms with Gasteiger partial charge in [-0.25, -0.2) is 0 Å². The van der Waals surface area contributed by atoms with Gasteiger partial charge in [-0.2, -0.15) is 0 Å². The first-order chi connectivity index (χ1) is 6.31. The van der Waals surface area contributed by atoms with Crippen molar-refractivity contribution in [3.63, 3.8) is 0 Å². The summed E-state index contributed by atoms with van der Waals surface area (Å²) >= 11 is 1.79. The van der Waals surface area contributed by atoms with Crippen LogP contribution in [0.2, 0.25) is 0 Å². The van der Waals surface area contributed by atoms with E-state index in [1.54, 1.807) is 11.8 Å². The number of fused-ring (bicyclic) bond motifs is 1. The van der Waals surface area contributed by atoms with Gasteiger partial charge in [0.15, 0.2) is 5.78 Å². The number of rotatable bonds is 1. The Morgan fingerprint density at radius 1 is 1.46 bits per heavy atom. The number of aryl methyl sites for hydroxylation is 1. The van der Waals surface area contributed by atoms with Crippen molar-refractivity contribution in [2.45, 2.75) is 24.7 Å². The number of carbonyl (C=O) groups excluding carboxylic acids is 1. The maximum Gasteiger partial charge on any atom is 0.164 e. The quantitative estimate of drug-likeness (QED) is 0.680. The summed E-state index contributed by atoms with van der Waals surface area (Å²) < 4.78 is 0. The Labute approximate surface area is 82.5 Å². The summed E-state index contributed by atoms with van der Waals surface area (Å²) in [5.74, 6) is 1.25. The number of benzene rings is 1. The molecule has 13 heavy (non-hydrogen) atoms. The van der Waals surface area contributed by atoms with Crippen LogP contribution in [0.15, 0.2) is 23.1 Å². The maximum absolute atomic E-state index is 11.5. The van der Waals surface area contributed by atoms with Crippen LogP contribution >= 0.6 is 11.8 Å². The highest BCUT2D eigenvalue weighted by Crippen LogP contribution is 2.30. The van der Waals surface area contributed by atoms with Crippen molar-refractivity contribution in [1.82, 2.24) is 0 Å². The fourth-order valence-corrected chi connectivity index (χ4v) is 2.53. The third-order valence-corrected chi connectivity index (χ3v) is 3.41. The molecule has 1 aliphatic heterocycles. The molecule has 1 aliphatic rings. The van der Waals surface area contributed by atoms with Crippen molar-refractivity contribution >= 4 is 17.5 Å². The molecule has 0 fully saturated rings. The van der Waals surface area contributed by atoms with Crippen LogP contribution in [0.1, 0.15) is 29.3 Å². The molecule has 1 aromatic rings. The number of Topliss-reactive ketones (excluding diaryl/α,β-unsaturated/α-hetero) is 1. The Bertz CT molecular complexity index is 344. The summed E-state index contributed by atoms with van der Waals surface area (Å²) in [7, 11) is 0. The van der Waals surface area contributed by atoms with E-state index < -0.39 is 0 Å². The van der Waals surface area contributed by atoms with Gasteiger partial charge in [-0.05, 0) is 24.1 Å². The molecule has 68 valence electrons. The zero-order valence-electron chi connectivity index (χ0n) is 7.67. The molecular formula is C11H12OS. The van der Waals surface area contributed by atoms with Gasteiger partial charge in [0.1, 0.15) is 0 Å². The SMILES string of the molecule is CCc1ccc2c(c1)C(=O)CCS2. The van der Waals surface area contributed by atoms with E-state index in [0.717, 1.165) is 22.6 Å². The second-order valence-electron chi connectivity index (χ2n) is 3.21. The fraction of sp³-hybridized carbons (Fsp3) is 0.364. The number of thioether (sulfide) groups is 1. The molecule has 0 spiro atoms. The van der Waals surface area contributed by atoms with E-state index >= 15 is 0 Å². The van der Waals surface area contributed by atoms with E-state index in [2.05, 4.69) is 19.1 Å². The molecule has 0 aliphatic carbocycles. The van der Waals surface area contributed by atoms with E-state index in [9.17, 15) is 4.79 Å². The number of hydrogen-bond acceptors (Lipinski definition) is 2. The van der Waals surface area contributed by atoms with Gasteiger partial charge >= 0.3 is 0 Å². The van der Waals surface area contributed by atoms with Gasteiger partial charge in [0.05, 0.1) is 0 Å². The van der Waals surface area contributed by atoms with Crippen LogP contribution in [0.4, 0.5) is 0 Å². The minimum Gasteiger partial charge on any atom is -0.294 e. The molecule has 1 heterocycles. The minimum absolute atomic E-state index is 0.309. The molecule has 0 radical (unpaired) electrons. The molecule has 0 saturated heterocycles. The summed E-state index contributed by atoms with van der Waals surface area (Å²) in [6.45, 7) is 2.11. The van der Waals surface area contributed by atoms with Gasteiger partial charge in [-0.1, -0.05) is 13.0 Å². The summed E-state index contributed by atoms with van der Waals surface area (Å²) in [4.78, 5) is 12.7. The maximum atomic E-state index is 11.5. The van der Waals surface area contributed by atoms with Crippen LogP contribution in [0.25, 0.3) is 0 Å². The Balaban J connectivity index is 2.47. The van der Waals surface area contributed by atoms with Gasteiger partial charge in [0.25, 0.3) is 0 Å². The Morgan fingerprint density at radius 2 is 2.31 bits per heavy atom. The number of hydrogen-bond donors (Lipinski definition) is 0. The highest BCUT2D eigenvalue weighted by atomic mass is 32.2. The van der Waals surface area contributed by atoms with Crippen molar-refractivity contribution < 1.29 is 4.79 Å². The molecule has 0 unspecified atom stereocenters. The lowest BCUT2D eigenvalue weighted by Gasteiger charge is -2.14. The second kappa shape index (κ2) is 3.54. The van der Waals surface area contributed by atoms with Gasteiger partial charge < -0.3 is 0 Å². The average molecular weight is 192 g/mol. The molecule has 2 heteroatoms. The molecule has 2 rings (SSSR count). The molecule has 0 N–H and O–H groups in total. The summed E-state index contributed by atoms with van der Waals surface area (Å²) in [5, 5.41) is 0. The summed E-state index contributed by atoms with van der Waals surface area (Å²) in [6, 6.07) is 6.24. The van der Waals surface area contributed by atoms with Crippen molar-refractivity contribution in [3.8, 4) is 0 Å². The Hall–Kier alpha value is -0.760. The first kappa shape index (κ1) is 8.82. The molecule has 0 amide bonds. The first-order valence-electron chi connectivity index (χ1n) is 4.60. The van der Waals surface area contributed by atoms with Crippen LogP contribution in [-0.4, -0.2) is 11.5 Å². The monoisotopic (exact) mass is 192 g/mol. The Morgan fingerprint density at radius 3 is 3.08 bits per heavy atom. The van der Waals surface area contributed by atoms with Crippen LogP contribution in [0, 0.1) is 0 Å². The molecule has 0 aromatic heterocycles. The minimum atomic E-state index is 0.309. The smallest absolute Gasteiger partial charge is 0.164 e. The standard InChI is InChI=1S/C11H12OS/c1-2-8-3-4-11-9(7-8)10(12)5-6-13-11/h3-4,7H,2,5-6H2,1H3.